The molecule has 1 saturated heterocycles. The Morgan fingerprint density at radius 2 is 1.96 bits per heavy atom. The number of carbonyl (C=O) groups is 3. The second kappa shape index (κ2) is 7.04. The van der Waals surface area contributed by atoms with Crippen molar-refractivity contribution in [3.63, 3.8) is 0 Å². The van der Waals surface area contributed by atoms with E-state index >= 15 is 0 Å². The Hall–Kier alpha value is -2.02. The number of para-hydroxylation sites is 1. The smallest absolute Gasteiger partial charge is 0.254 e. The van der Waals surface area contributed by atoms with Gasteiger partial charge in [-0.2, -0.15) is 11.8 Å². The molecular weight excluding hydrogens is 314 g/mol. The molecule has 1 fully saturated rings. The van der Waals surface area contributed by atoms with Crippen molar-refractivity contribution < 1.29 is 14.4 Å². The molecule has 3 rings (SSSR count). The van der Waals surface area contributed by atoms with E-state index in [1.165, 1.54) is 0 Å². The molecule has 0 aromatic heterocycles. The molecule has 0 spiro atoms. The van der Waals surface area contributed by atoms with Crippen molar-refractivity contribution in [2.75, 3.05) is 29.9 Å². The maximum atomic E-state index is 12.3. The van der Waals surface area contributed by atoms with Gasteiger partial charge in [-0.3, -0.25) is 14.4 Å². The Morgan fingerprint density at radius 3 is 2.74 bits per heavy atom. The number of anilines is 1. The number of nitrogens with zero attached hydrogens (tertiary/aromatic N) is 1. The summed E-state index contributed by atoms with van der Waals surface area (Å²) in [7, 11) is 0. The first-order valence-electron chi connectivity index (χ1n) is 7.71. The Labute approximate surface area is 139 Å². The first-order chi connectivity index (χ1) is 11.1. The minimum absolute atomic E-state index is 0.0501. The molecule has 6 nitrogen and oxygen atoms in total. The molecule has 122 valence electrons. The average Bonchev–Trinajstić information content (AvgIpc) is 2.70. The van der Waals surface area contributed by atoms with Crippen molar-refractivity contribution in [3.05, 3.63) is 29.8 Å². The van der Waals surface area contributed by atoms with Gasteiger partial charge in [0.25, 0.3) is 5.91 Å². The number of hydrogen-bond donors (Lipinski definition) is 2. The van der Waals surface area contributed by atoms with Gasteiger partial charge in [-0.1, -0.05) is 12.1 Å². The standard InChI is InChI=1S/C16H19N3O3S/c20-14(19-7-9-23-10-8-19)6-5-13-16(22)17-12-4-2-1-3-11(12)15(21)18-13/h1-4,13H,5-10H2,(H,17,22)(H,18,21)/t13-/m1/s1. The van der Waals surface area contributed by atoms with E-state index in [0.29, 0.717) is 17.7 Å². The lowest BCUT2D eigenvalue weighted by Crippen LogP contribution is -2.43. The van der Waals surface area contributed by atoms with Crippen molar-refractivity contribution in [2.45, 2.75) is 18.9 Å². The number of rotatable bonds is 3. The van der Waals surface area contributed by atoms with Crippen molar-refractivity contribution in [1.82, 2.24) is 10.2 Å². The van der Waals surface area contributed by atoms with Gasteiger partial charge >= 0.3 is 0 Å². The zero-order chi connectivity index (χ0) is 16.2. The Kier molecular flexibility index (Phi) is 4.85. The van der Waals surface area contributed by atoms with Crippen LogP contribution < -0.4 is 10.6 Å². The zero-order valence-electron chi connectivity index (χ0n) is 12.7. The summed E-state index contributed by atoms with van der Waals surface area (Å²) in [5.74, 6) is 1.41. The molecule has 0 unspecified atom stereocenters. The fourth-order valence-corrected chi connectivity index (χ4v) is 3.66. The lowest BCUT2D eigenvalue weighted by molar-refractivity contribution is -0.131. The van der Waals surface area contributed by atoms with E-state index in [1.54, 1.807) is 24.3 Å². The molecule has 0 aliphatic carbocycles. The van der Waals surface area contributed by atoms with E-state index in [2.05, 4.69) is 10.6 Å². The lowest BCUT2D eigenvalue weighted by Gasteiger charge is -2.27. The van der Waals surface area contributed by atoms with E-state index in [4.69, 9.17) is 0 Å². The number of nitrogens with one attached hydrogen (secondary N) is 2. The third-order valence-corrected chi connectivity index (χ3v) is 5.00. The summed E-state index contributed by atoms with van der Waals surface area (Å²) in [6.07, 6.45) is 0.577. The van der Waals surface area contributed by atoms with Crippen LogP contribution in [-0.4, -0.2) is 53.3 Å². The van der Waals surface area contributed by atoms with E-state index in [-0.39, 0.29) is 24.1 Å². The first kappa shape index (κ1) is 15.9. The Morgan fingerprint density at radius 1 is 1.22 bits per heavy atom. The summed E-state index contributed by atoms with van der Waals surface area (Å²) in [6.45, 7) is 1.52. The molecular formula is C16H19N3O3S. The summed E-state index contributed by atoms with van der Waals surface area (Å²) in [6, 6.07) is 6.21. The second-order valence-electron chi connectivity index (χ2n) is 5.59. The highest BCUT2D eigenvalue weighted by Gasteiger charge is 2.28. The quantitative estimate of drug-likeness (QED) is 0.868. The van der Waals surface area contributed by atoms with E-state index in [9.17, 15) is 14.4 Å². The largest absolute Gasteiger partial charge is 0.341 e. The van der Waals surface area contributed by atoms with Gasteiger partial charge in [0.2, 0.25) is 11.8 Å². The molecule has 0 saturated carbocycles. The van der Waals surface area contributed by atoms with Crippen molar-refractivity contribution >= 4 is 35.2 Å². The van der Waals surface area contributed by atoms with Crippen molar-refractivity contribution in [3.8, 4) is 0 Å². The summed E-state index contributed by atoms with van der Waals surface area (Å²) in [5, 5.41) is 5.47. The minimum atomic E-state index is -0.682. The van der Waals surface area contributed by atoms with Crippen LogP contribution in [0.25, 0.3) is 0 Å². The van der Waals surface area contributed by atoms with Gasteiger partial charge in [0.1, 0.15) is 6.04 Å². The van der Waals surface area contributed by atoms with Gasteiger partial charge in [0, 0.05) is 31.0 Å². The van der Waals surface area contributed by atoms with Crippen LogP contribution in [0.4, 0.5) is 5.69 Å². The topological polar surface area (TPSA) is 78.5 Å². The number of hydrogen-bond acceptors (Lipinski definition) is 4. The van der Waals surface area contributed by atoms with Gasteiger partial charge < -0.3 is 15.5 Å². The Balaban J connectivity index is 1.61. The van der Waals surface area contributed by atoms with Crippen LogP contribution in [-0.2, 0) is 9.59 Å². The molecule has 2 aliphatic heterocycles. The SMILES string of the molecule is O=C1N[C@H](CCC(=O)N2CCSCC2)C(=O)Nc2ccccc21. The third kappa shape index (κ3) is 3.67. The molecule has 2 heterocycles. The highest BCUT2D eigenvalue weighted by Crippen LogP contribution is 2.19. The molecule has 2 N–H and O–H groups in total. The highest BCUT2D eigenvalue weighted by atomic mass is 32.2. The van der Waals surface area contributed by atoms with Gasteiger partial charge in [-0.05, 0) is 18.6 Å². The molecule has 1 atom stereocenters. The average molecular weight is 333 g/mol. The van der Waals surface area contributed by atoms with Crippen LogP contribution in [0.2, 0.25) is 0 Å². The monoisotopic (exact) mass is 333 g/mol. The molecule has 2 aliphatic rings. The van der Waals surface area contributed by atoms with Crippen LogP contribution in [0.15, 0.2) is 24.3 Å². The van der Waals surface area contributed by atoms with Crippen LogP contribution in [0.3, 0.4) is 0 Å². The zero-order valence-corrected chi connectivity index (χ0v) is 13.5. The molecule has 0 bridgehead atoms. The number of carbonyl (C=O) groups excluding carboxylic acids is 3. The van der Waals surface area contributed by atoms with E-state index in [1.807, 2.05) is 16.7 Å². The first-order valence-corrected chi connectivity index (χ1v) is 8.87. The van der Waals surface area contributed by atoms with Gasteiger partial charge in [-0.25, -0.2) is 0 Å². The predicted molar refractivity (Wildman–Crippen MR) is 89.5 cm³/mol. The number of benzene rings is 1. The number of amides is 3. The summed E-state index contributed by atoms with van der Waals surface area (Å²) in [4.78, 5) is 38.5. The van der Waals surface area contributed by atoms with Gasteiger partial charge in [0.15, 0.2) is 0 Å². The van der Waals surface area contributed by atoms with Crippen molar-refractivity contribution in [2.24, 2.45) is 0 Å². The highest BCUT2D eigenvalue weighted by molar-refractivity contribution is 7.99. The Bertz CT molecular complexity index is 629. The molecule has 23 heavy (non-hydrogen) atoms. The summed E-state index contributed by atoms with van der Waals surface area (Å²) < 4.78 is 0. The second-order valence-corrected chi connectivity index (χ2v) is 6.82. The van der Waals surface area contributed by atoms with Gasteiger partial charge in [0.05, 0.1) is 11.3 Å². The fourth-order valence-electron chi connectivity index (χ4n) is 2.75. The van der Waals surface area contributed by atoms with E-state index in [0.717, 1.165) is 24.6 Å². The molecule has 7 heteroatoms. The number of fused-ring (bicyclic) bond motifs is 1. The third-order valence-electron chi connectivity index (χ3n) is 4.06. The lowest BCUT2D eigenvalue weighted by atomic mass is 10.1. The van der Waals surface area contributed by atoms with Crippen molar-refractivity contribution in [1.29, 1.82) is 0 Å². The molecule has 1 aromatic carbocycles. The van der Waals surface area contributed by atoms with E-state index < -0.39 is 6.04 Å². The predicted octanol–water partition coefficient (Wildman–Crippen LogP) is 1.09. The molecule has 0 radical (unpaired) electrons. The maximum absolute atomic E-state index is 12.3. The maximum Gasteiger partial charge on any atom is 0.254 e. The molecule has 1 aromatic rings. The van der Waals surface area contributed by atoms with Crippen LogP contribution in [0.5, 0.6) is 0 Å². The van der Waals surface area contributed by atoms with Crippen LogP contribution in [0, 0.1) is 0 Å². The van der Waals surface area contributed by atoms with Crippen LogP contribution in [0.1, 0.15) is 23.2 Å². The minimum Gasteiger partial charge on any atom is -0.341 e. The normalized spacial score (nSPS) is 21.0. The van der Waals surface area contributed by atoms with Gasteiger partial charge in [-0.15, -0.1) is 0 Å². The summed E-state index contributed by atoms with van der Waals surface area (Å²) >= 11 is 1.84. The fraction of sp³-hybridized carbons (Fsp3) is 0.438. The summed E-state index contributed by atoms with van der Waals surface area (Å²) in [5.41, 5.74) is 0.958. The molecule has 3 amide bonds. The number of thioether (sulfide) groups is 1. The van der Waals surface area contributed by atoms with Crippen LogP contribution >= 0.6 is 11.8 Å².